The summed E-state index contributed by atoms with van der Waals surface area (Å²) in [5.41, 5.74) is 8.13. The van der Waals surface area contributed by atoms with E-state index in [2.05, 4.69) is 93.8 Å². The maximum Gasteiger partial charge on any atom is 0.255 e. The minimum Gasteiger partial charge on any atom is -0.494 e. The predicted molar refractivity (Wildman–Crippen MR) is 271 cm³/mol. The van der Waals surface area contributed by atoms with Gasteiger partial charge in [-0.15, -0.1) is 0 Å². The van der Waals surface area contributed by atoms with Crippen LogP contribution in [-0.2, 0) is 32.5 Å². The lowest BCUT2D eigenvalue weighted by molar-refractivity contribution is -0.137. The molecule has 1 saturated carbocycles. The lowest BCUT2D eigenvalue weighted by Crippen LogP contribution is -2.55. The van der Waals surface area contributed by atoms with Crippen LogP contribution in [0.5, 0.6) is 5.75 Å². The van der Waals surface area contributed by atoms with Gasteiger partial charge in [0.25, 0.3) is 5.91 Å². The summed E-state index contributed by atoms with van der Waals surface area (Å²) in [5, 5.41) is 10.9. The van der Waals surface area contributed by atoms with Gasteiger partial charge in [0.1, 0.15) is 24.8 Å². The molecule has 2 aromatic heterocycles. The molecular weight excluding hydrogens is 944 g/mol. The quantitative estimate of drug-likeness (QED) is 0.0787. The number of anilines is 5. The van der Waals surface area contributed by atoms with Crippen LogP contribution in [0.3, 0.4) is 0 Å². The van der Waals surface area contributed by atoms with Gasteiger partial charge < -0.3 is 34.6 Å². The largest absolute Gasteiger partial charge is 0.494 e. The third kappa shape index (κ3) is 8.89. The van der Waals surface area contributed by atoms with Crippen molar-refractivity contribution in [2.45, 2.75) is 82.8 Å². The molecule has 3 aromatic carbocycles. The Kier molecular flexibility index (Phi) is 12.6. The first-order chi connectivity index (χ1) is 32.7. The van der Waals surface area contributed by atoms with Crippen LogP contribution < -0.4 is 30.9 Å². The van der Waals surface area contributed by atoms with Crippen LogP contribution in [0, 0.1) is 6.92 Å². The zero-order chi connectivity index (χ0) is 47.5. The Hall–Kier alpha value is -5.41. The Morgan fingerprint density at radius 1 is 0.912 bits per heavy atom. The number of amides is 3. The Labute approximate surface area is 406 Å². The number of piperidine rings is 2. The molecule has 1 aliphatic carbocycles. The second-order valence-corrected chi connectivity index (χ2v) is 23.4. The molecule has 5 aromatic rings. The smallest absolute Gasteiger partial charge is 0.255 e. The van der Waals surface area contributed by atoms with Crippen molar-refractivity contribution in [2.75, 3.05) is 81.8 Å². The average molecular weight is 1000 g/mol. The fourth-order valence-corrected chi connectivity index (χ4v) is 12.9. The van der Waals surface area contributed by atoms with Gasteiger partial charge in [-0.25, -0.2) is 4.98 Å². The van der Waals surface area contributed by atoms with Gasteiger partial charge in [0.2, 0.25) is 17.8 Å². The lowest BCUT2D eigenvalue weighted by Gasteiger charge is -2.43. The summed E-state index contributed by atoms with van der Waals surface area (Å²) in [5.74, 6) is 0.957. The number of hydrogen-bond acceptors (Lipinski definition) is 13. The van der Waals surface area contributed by atoms with Gasteiger partial charge in [-0.3, -0.25) is 29.6 Å². The monoisotopic (exact) mass is 1000 g/mol. The summed E-state index contributed by atoms with van der Waals surface area (Å²) in [6, 6.07) is 18.4. The van der Waals surface area contributed by atoms with Gasteiger partial charge in [-0.1, -0.05) is 25.1 Å². The number of rotatable bonds is 13. The number of methoxy groups -OCH3 is 1. The number of fused-ring (bicyclic) bond motifs is 3. The van der Waals surface area contributed by atoms with E-state index in [4.69, 9.17) is 9.72 Å². The number of halogens is 1. The number of imide groups is 1. The Morgan fingerprint density at radius 2 is 1.69 bits per heavy atom. The molecule has 1 atom stereocenters. The summed E-state index contributed by atoms with van der Waals surface area (Å²) >= 11 is 3.63. The maximum atomic E-state index is 13.8. The molecule has 4 fully saturated rings. The number of aryl methyl sites for hydroxylation is 2. The molecule has 3 N–H and O–H groups in total. The molecule has 4 aliphatic heterocycles. The molecule has 15 nitrogen and oxygen atoms in total. The van der Waals surface area contributed by atoms with E-state index < -0.39 is 18.7 Å². The third-order valence-corrected chi connectivity index (χ3v) is 16.9. The number of benzene rings is 3. The topological polar surface area (TPSA) is 165 Å². The number of pyridine rings is 1. The number of aromatic nitrogens is 3. The number of carbonyl (C=O) groups is 3. The number of piperazine rings is 1. The van der Waals surface area contributed by atoms with Crippen LogP contribution in [-0.4, -0.2) is 126 Å². The zero-order valence-electron chi connectivity index (χ0n) is 39.5. The van der Waals surface area contributed by atoms with Crippen molar-refractivity contribution in [3.8, 4) is 5.75 Å². The van der Waals surface area contributed by atoms with Crippen LogP contribution >= 0.6 is 23.1 Å². The molecular formula is C51H60BrN10O5P. The fourth-order valence-electron chi connectivity index (χ4n) is 11.1. The van der Waals surface area contributed by atoms with E-state index in [1.54, 1.807) is 31.5 Å². The van der Waals surface area contributed by atoms with Gasteiger partial charge in [-0.2, -0.15) is 4.98 Å². The van der Waals surface area contributed by atoms with E-state index in [0.717, 1.165) is 129 Å². The lowest BCUT2D eigenvalue weighted by atomic mass is 9.97. The normalized spacial score (nSPS) is 20.0. The molecule has 0 radical (unpaired) electrons. The molecule has 6 heterocycles. The van der Waals surface area contributed by atoms with Gasteiger partial charge >= 0.3 is 0 Å². The van der Waals surface area contributed by atoms with Crippen LogP contribution in [0.25, 0.3) is 10.9 Å². The van der Waals surface area contributed by atoms with E-state index in [9.17, 15) is 18.9 Å². The van der Waals surface area contributed by atoms with Crippen molar-refractivity contribution in [3.05, 3.63) is 93.2 Å². The average Bonchev–Trinajstić information content (AvgIpc) is 4.09. The highest BCUT2D eigenvalue weighted by molar-refractivity contribution is 9.10. The number of carbonyl (C=O) groups excluding carboxylic acids is 3. The Morgan fingerprint density at radius 3 is 2.40 bits per heavy atom. The number of ether oxygens (including phenoxy) is 1. The Bertz CT molecular complexity index is 2870. The molecule has 1 spiro atoms. The molecule has 0 bridgehead atoms. The van der Waals surface area contributed by atoms with Crippen molar-refractivity contribution in [3.63, 3.8) is 0 Å². The minimum atomic E-state index is -2.73. The van der Waals surface area contributed by atoms with E-state index in [-0.39, 0.29) is 24.1 Å². The highest BCUT2D eigenvalue weighted by Crippen LogP contribution is 2.58. The summed E-state index contributed by atoms with van der Waals surface area (Å²) < 4.78 is 20.3. The molecule has 10 rings (SSSR count). The van der Waals surface area contributed by atoms with Gasteiger partial charge in [0, 0.05) is 98.2 Å². The van der Waals surface area contributed by atoms with Crippen molar-refractivity contribution in [2.24, 2.45) is 0 Å². The predicted octanol–water partition coefficient (Wildman–Crippen LogP) is 7.48. The molecule has 5 aliphatic rings. The summed E-state index contributed by atoms with van der Waals surface area (Å²) in [7, 11) is -1.04. The van der Waals surface area contributed by atoms with Crippen LogP contribution in [0.15, 0.2) is 65.3 Å². The first-order valence-corrected chi connectivity index (χ1v) is 27.4. The standard InChI is InChI=1S/C51H60BrN10O5P/c1-6-33-28-41(56-50-53-30-38(52)47(58-50)55-40-12-11-39-35(9-7-31(2)54-39)46(40)68(4,5)66)44(67-3)29-43(33)61-21-16-34(17-22-61)60-25-23-59(24-26-60)20-15-32-8-10-37-36(27-32)49(65)62(51(37)18-19-51)42-13-14-45(63)57-48(42)64/h7-12,27-30,34,42H,6,13-26H2,1-5H3,(H,57,63,64)(H2,53,55,56,58). The molecule has 68 heavy (non-hydrogen) atoms. The zero-order valence-corrected chi connectivity index (χ0v) is 42.0. The van der Waals surface area contributed by atoms with E-state index in [1.807, 2.05) is 31.2 Å². The second kappa shape index (κ2) is 18.5. The third-order valence-electron chi connectivity index (χ3n) is 14.7. The van der Waals surface area contributed by atoms with E-state index in [1.165, 1.54) is 11.3 Å². The maximum absolute atomic E-state index is 13.8. The first kappa shape index (κ1) is 46.3. The summed E-state index contributed by atoms with van der Waals surface area (Å²) in [4.78, 5) is 62.1. The summed E-state index contributed by atoms with van der Waals surface area (Å²) in [6.07, 6.45) is 7.97. The number of nitrogens with zero attached hydrogens (tertiary/aromatic N) is 7. The van der Waals surface area contributed by atoms with Crippen molar-refractivity contribution >= 4 is 85.8 Å². The first-order valence-electron chi connectivity index (χ1n) is 24.0. The minimum absolute atomic E-state index is 0.0726. The molecule has 356 valence electrons. The van der Waals surface area contributed by atoms with Crippen molar-refractivity contribution in [1.82, 2.24) is 35.0 Å². The highest BCUT2D eigenvalue weighted by atomic mass is 79.9. The van der Waals surface area contributed by atoms with Crippen LogP contribution in [0.1, 0.15) is 78.2 Å². The highest BCUT2D eigenvalue weighted by Gasteiger charge is 2.61. The van der Waals surface area contributed by atoms with Gasteiger partial charge in [0.05, 0.1) is 34.0 Å². The SMILES string of the molecule is CCc1cc(Nc2ncc(Br)c(Nc3ccc4nc(C)ccc4c3P(C)(C)=O)n2)c(OC)cc1N1CCC(N2CCN(CCc3ccc4c(c3)C(=O)N(C3CCC(=O)NC3=O)C43CC3)CC2)CC1. The van der Waals surface area contributed by atoms with E-state index >= 15 is 0 Å². The fraction of sp³-hybridized carbons (Fsp3) is 0.451. The van der Waals surface area contributed by atoms with Crippen molar-refractivity contribution in [1.29, 1.82) is 0 Å². The molecule has 17 heteroatoms. The van der Waals surface area contributed by atoms with E-state index in [0.29, 0.717) is 40.1 Å². The second-order valence-electron chi connectivity index (χ2n) is 19.4. The molecule has 3 saturated heterocycles. The van der Waals surface area contributed by atoms with Gasteiger partial charge in [-0.05, 0) is 128 Å². The summed E-state index contributed by atoms with van der Waals surface area (Å²) in [6.45, 7) is 14.7. The molecule has 1 unspecified atom stereocenters. The number of nitrogens with one attached hydrogen (secondary N) is 3. The Balaban J connectivity index is 0.742. The van der Waals surface area contributed by atoms with Crippen LogP contribution in [0.4, 0.5) is 28.8 Å². The number of hydrogen-bond donors (Lipinski definition) is 3. The molecule has 3 amide bonds. The van der Waals surface area contributed by atoms with Gasteiger partial charge in [0.15, 0.2) is 0 Å². The van der Waals surface area contributed by atoms with Crippen molar-refractivity contribution < 1.29 is 23.7 Å². The van der Waals surface area contributed by atoms with Crippen LogP contribution in [0.2, 0.25) is 0 Å².